The number of aromatic nitrogens is 4. The highest BCUT2D eigenvalue weighted by molar-refractivity contribution is 5.96. The van der Waals surface area contributed by atoms with Crippen molar-refractivity contribution in [2.24, 2.45) is 10.9 Å². The lowest BCUT2D eigenvalue weighted by Gasteiger charge is -2.36. The van der Waals surface area contributed by atoms with Crippen LogP contribution in [0.1, 0.15) is 51.5 Å². The fourth-order valence-corrected chi connectivity index (χ4v) is 4.71. The van der Waals surface area contributed by atoms with Gasteiger partial charge in [0.25, 0.3) is 0 Å². The summed E-state index contributed by atoms with van der Waals surface area (Å²) in [5.74, 6) is -1.20. The van der Waals surface area contributed by atoms with E-state index in [-0.39, 0.29) is 30.8 Å². The van der Waals surface area contributed by atoms with E-state index in [2.05, 4.69) is 31.4 Å². The summed E-state index contributed by atoms with van der Waals surface area (Å²) in [5, 5.41) is 7.71. The molecule has 1 saturated carbocycles. The summed E-state index contributed by atoms with van der Waals surface area (Å²) in [6.07, 6.45) is 6.31. The zero-order chi connectivity index (χ0) is 23.2. The molecular weight excluding hydrogens is 426 g/mol. The number of fused-ring (bicyclic) bond motifs is 2. The third kappa shape index (κ3) is 4.46. The van der Waals surface area contributed by atoms with Gasteiger partial charge in [0.2, 0.25) is 11.9 Å². The molecule has 1 fully saturated rings. The van der Waals surface area contributed by atoms with E-state index in [9.17, 15) is 8.78 Å². The van der Waals surface area contributed by atoms with Gasteiger partial charge in [-0.15, -0.1) is 5.10 Å². The van der Waals surface area contributed by atoms with E-state index in [1.165, 1.54) is 0 Å². The van der Waals surface area contributed by atoms with Gasteiger partial charge in [0.15, 0.2) is 5.82 Å². The monoisotopic (exact) mass is 454 g/mol. The normalized spacial score (nSPS) is 19.6. The molecule has 0 spiro atoms. The number of ether oxygens (including phenoxy) is 1. The minimum atomic E-state index is -2.50. The number of nitrogens with zero attached hydrogens (tertiary/aromatic N) is 5. The van der Waals surface area contributed by atoms with E-state index < -0.39 is 5.92 Å². The first-order valence-electron chi connectivity index (χ1n) is 11.4. The van der Waals surface area contributed by atoms with Crippen molar-refractivity contribution in [1.29, 1.82) is 0 Å². The number of anilines is 1. The van der Waals surface area contributed by atoms with Crippen LogP contribution in [-0.2, 0) is 4.74 Å². The molecule has 1 atom stereocenters. The van der Waals surface area contributed by atoms with Crippen molar-refractivity contribution >= 4 is 23.0 Å². The summed E-state index contributed by atoms with van der Waals surface area (Å²) in [6.45, 7) is 7.17. The van der Waals surface area contributed by atoms with E-state index in [0.29, 0.717) is 31.3 Å². The highest BCUT2D eigenvalue weighted by atomic mass is 19.3. The van der Waals surface area contributed by atoms with Gasteiger partial charge in [0.1, 0.15) is 0 Å². The average Bonchev–Trinajstić information content (AvgIpc) is 3.30. The second-order valence-corrected chi connectivity index (χ2v) is 9.30. The van der Waals surface area contributed by atoms with Crippen molar-refractivity contribution in [3.63, 3.8) is 0 Å². The molecule has 2 aliphatic rings. The first-order valence-corrected chi connectivity index (χ1v) is 11.4. The van der Waals surface area contributed by atoms with Gasteiger partial charge in [-0.1, -0.05) is 0 Å². The van der Waals surface area contributed by atoms with Crippen molar-refractivity contribution in [2.45, 2.75) is 58.0 Å². The molecule has 0 unspecified atom stereocenters. The van der Waals surface area contributed by atoms with Crippen LogP contribution in [0.2, 0.25) is 0 Å². The van der Waals surface area contributed by atoms with Gasteiger partial charge in [0, 0.05) is 60.1 Å². The van der Waals surface area contributed by atoms with Gasteiger partial charge in [-0.3, -0.25) is 0 Å². The maximum atomic E-state index is 13.3. The summed E-state index contributed by atoms with van der Waals surface area (Å²) < 4.78 is 34.0. The summed E-state index contributed by atoms with van der Waals surface area (Å²) in [6, 6.07) is 4.08. The molecule has 1 aliphatic heterocycles. The molecule has 9 heteroatoms. The SMILES string of the molecule is CC1=Nc2ncc(-c3ccn4nc(NCCOC(C)C)ncc34)cc2[C@@H]1CC1CC(F)(F)C1. The first-order chi connectivity index (χ1) is 15.8. The molecule has 1 aliphatic carbocycles. The van der Waals surface area contributed by atoms with E-state index in [0.717, 1.165) is 27.9 Å². The fraction of sp³-hybridized carbons (Fsp3) is 0.500. The molecule has 4 heterocycles. The van der Waals surface area contributed by atoms with Gasteiger partial charge in [0.05, 0.1) is 24.4 Å². The van der Waals surface area contributed by atoms with Crippen LogP contribution in [0.25, 0.3) is 16.6 Å². The number of aliphatic imine (C=N–C) groups is 1. The topological polar surface area (TPSA) is 76.7 Å². The maximum Gasteiger partial charge on any atom is 0.248 e. The number of alkyl halides is 2. The Morgan fingerprint density at radius 1 is 1.24 bits per heavy atom. The molecule has 3 aromatic rings. The molecule has 0 amide bonds. The summed E-state index contributed by atoms with van der Waals surface area (Å²) >= 11 is 0. The van der Waals surface area contributed by atoms with E-state index in [4.69, 9.17) is 4.74 Å². The summed E-state index contributed by atoms with van der Waals surface area (Å²) in [7, 11) is 0. The number of nitrogens with one attached hydrogen (secondary N) is 1. The zero-order valence-electron chi connectivity index (χ0n) is 19.1. The Kier molecular flexibility index (Phi) is 5.60. The molecule has 33 heavy (non-hydrogen) atoms. The quantitative estimate of drug-likeness (QED) is 0.470. The molecule has 1 N–H and O–H groups in total. The number of halogens is 2. The maximum absolute atomic E-state index is 13.3. The predicted molar refractivity (Wildman–Crippen MR) is 124 cm³/mol. The van der Waals surface area contributed by atoms with E-state index in [1.54, 1.807) is 16.9 Å². The molecule has 5 rings (SSSR count). The van der Waals surface area contributed by atoms with Gasteiger partial charge in [-0.25, -0.2) is 28.3 Å². The van der Waals surface area contributed by atoms with Crippen LogP contribution in [0.15, 0.2) is 35.7 Å². The van der Waals surface area contributed by atoms with E-state index in [1.807, 2.05) is 33.0 Å². The fourth-order valence-electron chi connectivity index (χ4n) is 4.71. The highest BCUT2D eigenvalue weighted by Gasteiger charge is 2.46. The Labute approximate surface area is 191 Å². The van der Waals surface area contributed by atoms with Crippen molar-refractivity contribution in [1.82, 2.24) is 19.6 Å². The van der Waals surface area contributed by atoms with Gasteiger partial charge in [-0.05, 0) is 45.2 Å². The molecular formula is C24H28F2N6O. The largest absolute Gasteiger partial charge is 0.377 e. The standard InChI is InChI=1S/C24H28F2N6O/c1-14(2)33-7-5-27-23-29-13-21-18(4-6-32(21)31-23)17-9-20-19(8-16-10-24(25,26)11-16)15(3)30-22(20)28-12-17/h4,6,9,12-14,16,19H,5,7-8,10-11H2,1-3H3,(H,27,31)/t19-/m1/s1. The second kappa shape index (κ2) is 8.44. The molecule has 0 radical (unpaired) electrons. The lowest BCUT2D eigenvalue weighted by Crippen LogP contribution is -2.36. The molecule has 0 saturated heterocycles. The van der Waals surface area contributed by atoms with Gasteiger partial charge < -0.3 is 10.1 Å². The predicted octanol–water partition coefficient (Wildman–Crippen LogP) is 5.25. The minimum Gasteiger partial charge on any atom is -0.377 e. The van der Waals surface area contributed by atoms with Crippen LogP contribution in [-0.4, -0.2) is 50.5 Å². The van der Waals surface area contributed by atoms with Crippen molar-refractivity contribution in [3.8, 4) is 11.1 Å². The van der Waals surface area contributed by atoms with E-state index >= 15 is 0 Å². The smallest absolute Gasteiger partial charge is 0.248 e. The Morgan fingerprint density at radius 2 is 2.06 bits per heavy atom. The number of pyridine rings is 1. The molecule has 0 aromatic carbocycles. The zero-order valence-corrected chi connectivity index (χ0v) is 19.1. The minimum absolute atomic E-state index is 0.0271. The average molecular weight is 455 g/mol. The number of hydrogen-bond donors (Lipinski definition) is 1. The van der Waals surface area contributed by atoms with Crippen LogP contribution in [0.5, 0.6) is 0 Å². The Bertz CT molecular complexity index is 1200. The van der Waals surface area contributed by atoms with Crippen LogP contribution >= 0.6 is 0 Å². The first kappa shape index (κ1) is 21.9. The third-order valence-electron chi connectivity index (χ3n) is 6.36. The van der Waals surface area contributed by atoms with Crippen LogP contribution < -0.4 is 5.32 Å². The summed E-state index contributed by atoms with van der Waals surface area (Å²) in [4.78, 5) is 13.6. The molecule has 3 aromatic heterocycles. The van der Waals surface area contributed by atoms with Crippen LogP contribution in [0.3, 0.4) is 0 Å². The van der Waals surface area contributed by atoms with Gasteiger partial charge >= 0.3 is 0 Å². The number of rotatable bonds is 8. The summed E-state index contributed by atoms with van der Waals surface area (Å²) in [5.41, 5.74) is 4.75. The lowest BCUT2D eigenvalue weighted by molar-refractivity contribution is -0.112. The number of hydrogen-bond acceptors (Lipinski definition) is 6. The van der Waals surface area contributed by atoms with Crippen LogP contribution in [0.4, 0.5) is 20.5 Å². The van der Waals surface area contributed by atoms with Gasteiger partial charge in [-0.2, -0.15) is 0 Å². The molecule has 7 nitrogen and oxygen atoms in total. The lowest BCUT2D eigenvalue weighted by atomic mass is 9.74. The van der Waals surface area contributed by atoms with Crippen molar-refractivity contribution in [2.75, 3.05) is 18.5 Å². The Morgan fingerprint density at radius 3 is 2.82 bits per heavy atom. The van der Waals surface area contributed by atoms with Crippen molar-refractivity contribution in [3.05, 3.63) is 36.3 Å². The Balaban J connectivity index is 1.34. The molecule has 0 bridgehead atoms. The Hall–Kier alpha value is -2.94. The highest BCUT2D eigenvalue weighted by Crippen LogP contribution is 2.49. The second-order valence-electron chi connectivity index (χ2n) is 9.30. The third-order valence-corrected chi connectivity index (χ3v) is 6.36. The molecule has 174 valence electrons. The van der Waals surface area contributed by atoms with Crippen molar-refractivity contribution < 1.29 is 13.5 Å². The van der Waals surface area contributed by atoms with Crippen LogP contribution in [0, 0.1) is 5.92 Å².